The number of rotatable bonds is 9. The minimum absolute atomic E-state index is 0.0652. The van der Waals surface area contributed by atoms with Crippen molar-refractivity contribution >= 4 is 25.2 Å². The number of carbonyl (C=O) groups excluding carboxylic acids is 1. The molecule has 35 heavy (non-hydrogen) atoms. The van der Waals surface area contributed by atoms with Crippen LogP contribution in [0.1, 0.15) is 43.0 Å². The van der Waals surface area contributed by atoms with E-state index in [0.29, 0.717) is 28.1 Å². The molecule has 2 N–H and O–H groups in total. The highest BCUT2D eigenvalue weighted by atomic mass is 31.2. The first-order valence-electron chi connectivity index (χ1n) is 11.1. The number of carbonyl (C=O) groups is 2. The average Bonchev–Trinajstić information content (AvgIpc) is 2.77. The zero-order valence-electron chi connectivity index (χ0n) is 19.7. The molecule has 0 amide bonds. The minimum atomic E-state index is -4.10. The van der Waals surface area contributed by atoms with Crippen LogP contribution in [0, 0.1) is 12.7 Å². The van der Waals surface area contributed by atoms with E-state index in [2.05, 4.69) is 0 Å². The van der Waals surface area contributed by atoms with Crippen molar-refractivity contribution in [2.24, 2.45) is 0 Å². The molecule has 0 bridgehead atoms. The molecule has 0 aliphatic carbocycles. The molecule has 3 aromatic rings. The lowest BCUT2D eigenvalue weighted by molar-refractivity contribution is -0.139. The summed E-state index contributed by atoms with van der Waals surface area (Å²) in [6, 6.07) is 15.9. The van der Waals surface area contributed by atoms with Gasteiger partial charge in [0.25, 0.3) is 0 Å². The van der Waals surface area contributed by atoms with Crippen molar-refractivity contribution in [1.82, 2.24) is 4.98 Å². The smallest absolute Gasteiger partial charge is 0.310 e. The normalized spacial score (nSPS) is 13.2. The Morgan fingerprint density at radius 3 is 2.37 bits per heavy atom. The number of aromatic nitrogens is 1. The number of aryl methyl sites for hydroxylation is 1. The Morgan fingerprint density at radius 1 is 1.09 bits per heavy atom. The summed E-state index contributed by atoms with van der Waals surface area (Å²) < 4.78 is 26.6. The summed E-state index contributed by atoms with van der Waals surface area (Å²) in [7, 11) is -4.10. The molecule has 1 heterocycles. The molecular formula is C27H27FNO5P. The first-order valence-corrected chi connectivity index (χ1v) is 13.0. The van der Waals surface area contributed by atoms with Gasteiger partial charge in [0.15, 0.2) is 5.78 Å². The number of halogens is 1. The molecule has 2 aromatic carbocycles. The average molecular weight is 495 g/mol. The highest BCUT2D eigenvalue weighted by Crippen LogP contribution is 2.44. The molecule has 6 nitrogen and oxygen atoms in total. The summed E-state index contributed by atoms with van der Waals surface area (Å²) in [6.07, 6.45) is -0.125. The van der Waals surface area contributed by atoms with Gasteiger partial charge in [0.05, 0.1) is 17.5 Å². The number of benzene rings is 2. The second-order valence-electron chi connectivity index (χ2n) is 8.67. The minimum Gasteiger partial charge on any atom is -0.481 e. The summed E-state index contributed by atoms with van der Waals surface area (Å²) >= 11 is 0. The Morgan fingerprint density at radius 2 is 1.77 bits per heavy atom. The van der Waals surface area contributed by atoms with Gasteiger partial charge in [-0.3, -0.25) is 19.1 Å². The van der Waals surface area contributed by atoms with Gasteiger partial charge in [-0.05, 0) is 53.8 Å². The third-order valence-electron chi connectivity index (χ3n) is 5.41. The topological polar surface area (TPSA) is 105 Å². The largest absolute Gasteiger partial charge is 0.481 e. The standard InChI is InChI=1S/C27H27FNO5P/c1-17(2)27-23(11-12-35(33,34)16-21(30)14-26(31)32)24(22-10-9-20(28)13-18(22)3)15-25(29-27)19-7-5-4-6-8-19/h4-13,15,17H,14,16H2,1-3H3,(H,31,32)(H,33,34). The summed E-state index contributed by atoms with van der Waals surface area (Å²) in [6.45, 7) is 5.68. The Labute approximate surface area is 203 Å². The van der Waals surface area contributed by atoms with Crippen LogP contribution in [0.3, 0.4) is 0 Å². The van der Waals surface area contributed by atoms with E-state index in [9.17, 15) is 23.4 Å². The maximum Gasteiger partial charge on any atom is 0.310 e. The number of hydrogen-bond acceptors (Lipinski definition) is 4. The second-order valence-corrected chi connectivity index (χ2v) is 10.8. The van der Waals surface area contributed by atoms with Crippen LogP contribution in [0.25, 0.3) is 28.5 Å². The van der Waals surface area contributed by atoms with Gasteiger partial charge >= 0.3 is 5.97 Å². The summed E-state index contributed by atoms with van der Waals surface area (Å²) in [4.78, 5) is 37.8. The number of ketones is 1. The van der Waals surface area contributed by atoms with Crippen molar-refractivity contribution in [3.8, 4) is 22.4 Å². The fraction of sp³-hybridized carbons (Fsp3) is 0.222. The van der Waals surface area contributed by atoms with Crippen molar-refractivity contribution in [1.29, 1.82) is 0 Å². The molecule has 1 unspecified atom stereocenters. The van der Waals surface area contributed by atoms with E-state index in [-0.39, 0.29) is 11.7 Å². The van der Waals surface area contributed by atoms with Crippen molar-refractivity contribution in [3.05, 3.63) is 83.1 Å². The van der Waals surface area contributed by atoms with Gasteiger partial charge in [0, 0.05) is 16.9 Å². The van der Waals surface area contributed by atoms with E-state index < -0.39 is 31.7 Å². The Hall–Kier alpha value is -3.41. The number of Topliss-reactive ketones (excluding diaryl/α,β-unsaturated/α-hetero) is 1. The number of carboxylic acids is 1. The summed E-state index contributed by atoms with van der Waals surface area (Å²) in [5.74, 6) is -1.56. The van der Waals surface area contributed by atoms with Crippen molar-refractivity contribution in [2.75, 3.05) is 6.16 Å². The van der Waals surface area contributed by atoms with Crippen LogP contribution in [0.4, 0.5) is 4.39 Å². The lowest BCUT2D eigenvalue weighted by Crippen LogP contribution is -2.10. The molecule has 3 rings (SSSR count). The molecule has 0 radical (unpaired) electrons. The van der Waals surface area contributed by atoms with Gasteiger partial charge in [-0.25, -0.2) is 4.39 Å². The van der Waals surface area contributed by atoms with Gasteiger partial charge < -0.3 is 10.00 Å². The zero-order chi connectivity index (χ0) is 25.8. The van der Waals surface area contributed by atoms with Crippen LogP contribution < -0.4 is 0 Å². The molecule has 0 fully saturated rings. The molecule has 182 valence electrons. The number of nitrogens with zero attached hydrogens (tertiary/aromatic N) is 1. The molecule has 1 atom stereocenters. The zero-order valence-corrected chi connectivity index (χ0v) is 20.6. The first kappa shape index (κ1) is 26.2. The fourth-order valence-electron chi connectivity index (χ4n) is 3.82. The molecule has 0 saturated heterocycles. The first-order chi connectivity index (χ1) is 16.5. The predicted octanol–water partition coefficient (Wildman–Crippen LogP) is 6.27. The number of hydrogen-bond donors (Lipinski definition) is 2. The van der Waals surface area contributed by atoms with Crippen LogP contribution in [0.2, 0.25) is 0 Å². The lowest BCUT2D eigenvalue weighted by Gasteiger charge is -2.18. The third-order valence-corrected chi connectivity index (χ3v) is 6.83. The van der Waals surface area contributed by atoms with Crippen molar-refractivity contribution < 1.29 is 28.5 Å². The SMILES string of the molecule is Cc1cc(F)ccc1-c1cc(-c2ccccc2)nc(C(C)C)c1C=CP(=O)(O)CC(=O)CC(=O)O. The monoisotopic (exact) mass is 495 g/mol. The lowest BCUT2D eigenvalue weighted by atomic mass is 9.90. The van der Waals surface area contributed by atoms with Crippen LogP contribution >= 0.6 is 7.37 Å². The number of pyridine rings is 1. The summed E-state index contributed by atoms with van der Waals surface area (Å²) in [5.41, 5.74) is 4.96. The maximum absolute atomic E-state index is 13.9. The number of carboxylic acid groups (broad SMARTS) is 1. The van der Waals surface area contributed by atoms with Gasteiger partial charge in [-0.15, -0.1) is 0 Å². The van der Waals surface area contributed by atoms with Crippen LogP contribution in [-0.2, 0) is 14.2 Å². The quantitative estimate of drug-likeness (QED) is 0.268. The predicted molar refractivity (Wildman–Crippen MR) is 135 cm³/mol. The Balaban J connectivity index is 2.20. The van der Waals surface area contributed by atoms with E-state index in [1.807, 2.05) is 50.2 Å². The van der Waals surface area contributed by atoms with Gasteiger partial charge in [0.1, 0.15) is 12.2 Å². The molecule has 0 aliphatic heterocycles. The van der Waals surface area contributed by atoms with E-state index in [4.69, 9.17) is 10.1 Å². The molecule has 0 saturated carbocycles. The van der Waals surface area contributed by atoms with E-state index in [0.717, 1.165) is 16.9 Å². The van der Waals surface area contributed by atoms with Gasteiger partial charge in [-0.2, -0.15) is 0 Å². The van der Waals surface area contributed by atoms with E-state index in [1.165, 1.54) is 18.2 Å². The molecule has 8 heteroatoms. The molecule has 0 spiro atoms. The van der Waals surface area contributed by atoms with Crippen LogP contribution in [-0.4, -0.2) is 32.9 Å². The van der Waals surface area contributed by atoms with Crippen molar-refractivity contribution in [3.63, 3.8) is 0 Å². The van der Waals surface area contributed by atoms with Crippen molar-refractivity contribution in [2.45, 2.75) is 33.1 Å². The summed E-state index contributed by atoms with van der Waals surface area (Å²) in [5, 5.41) is 8.77. The highest BCUT2D eigenvalue weighted by Gasteiger charge is 2.23. The van der Waals surface area contributed by atoms with Crippen LogP contribution in [0.5, 0.6) is 0 Å². The molecule has 1 aromatic heterocycles. The second kappa shape index (κ2) is 10.9. The van der Waals surface area contributed by atoms with Gasteiger partial charge in [-0.1, -0.05) is 50.2 Å². The Bertz CT molecular complexity index is 1330. The third kappa shape index (κ3) is 6.81. The molecule has 0 aliphatic rings. The van der Waals surface area contributed by atoms with E-state index >= 15 is 0 Å². The number of aliphatic carboxylic acids is 1. The van der Waals surface area contributed by atoms with E-state index in [1.54, 1.807) is 13.0 Å². The fourth-order valence-corrected chi connectivity index (χ4v) is 4.92. The van der Waals surface area contributed by atoms with Gasteiger partial charge in [0.2, 0.25) is 7.37 Å². The molecular weight excluding hydrogens is 468 g/mol. The maximum atomic E-state index is 13.9. The Kier molecular flexibility index (Phi) is 8.15. The highest BCUT2D eigenvalue weighted by molar-refractivity contribution is 7.62. The van der Waals surface area contributed by atoms with Crippen LogP contribution in [0.15, 0.2) is 60.4 Å².